The monoisotopic (exact) mass is 213 g/mol. The Hall–Kier alpha value is -0.120. The topological polar surface area (TPSA) is 32.7 Å². The molecule has 2 aliphatic rings. The molecule has 2 heterocycles. The summed E-state index contributed by atoms with van der Waals surface area (Å²) in [7, 11) is 0. The summed E-state index contributed by atoms with van der Waals surface area (Å²) in [4.78, 5) is 2.51. The molecule has 88 valence electrons. The molecule has 0 saturated carbocycles. The van der Waals surface area contributed by atoms with E-state index in [-0.39, 0.29) is 6.10 Å². The lowest BCUT2D eigenvalue weighted by molar-refractivity contribution is 0.0551. The summed E-state index contributed by atoms with van der Waals surface area (Å²) in [6, 6.07) is 0. The summed E-state index contributed by atoms with van der Waals surface area (Å²) >= 11 is 0. The zero-order valence-corrected chi connectivity index (χ0v) is 9.69. The molecule has 2 aliphatic heterocycles. The molecular formula is C12H23NO2. The Bertz CT molecular complexity index is 188. The lowest BCUT2D eigenvalue weighted by Gasteiger charge is -2.35. The van der Waals surface area contributed by atoms with E-state index in [1.807, 2.05) is 6.92 Å². The Morgan fingerprint density at radius 3 is 3.00 bits per heavy atom. The number of hydrogen-bond donors (Lipinski definition) is 1. The van der Waals surface area contributed by atoms with Crippen LogP contribution < -0.4 is 0 Å². The average Bonchev–Trinajstić information content (AvgIpc) is 2.71. The SMILES string of the molecule is CC(O)C1CCCN(CC2CCOC2)C1. The van der Waals surface area contributed by atoms with Crippen LogP contribution in [0.25, 0.3) is 0 Å². The number of aliphatic hydroxyl groups is 1. The van der Waals surface area contributed by atoms with Crippen molar-refractivity contribution in [2.75, 3.05) is 32.8 Å². The first-order chi connectivity index (χ1) is 7.25. The fourth-order valence-corrected chi connectivity index (χ4v) is 2.74. The first-order valence-corrected chi connectivity index (χ1v) is 6.24. The largest absolute Gasteiger partial charge is 0.393 e. The highest BCUT2D eigenvalue weighted by Crippen LogP contribution is 2.22. The zero-order chi connectivity index (χ0) is 10.7. The van der Waals surface area contributed by atoms with E-state index in [0.717, 1.165) is 25.7 Å². The molecule has 3 atom stereocenters. The number of nitrogens with zero attached hydrogens (tertiary/aromatic N) is 1. The maximum Gasteiger partial charge on any atom is 0.0552 e. The van der Waals surface area contributed by atoms with Crippen LogP contribution >= 0.6 is 0 Å². The normalized spacial score (nSPS) is 35.6. The first kappa shape index (κ1) is 11.4. The lowest BCUT2D eigenvalue weighted by atomic mass is 9.92. The van der Waals surface area contributed by atoms with Crippen molar-refractivity contribution in [2.45, 2.75) is 32.3 Å². The van der Waals surface area contributed by atoms with Crippen LogP contribution in [0.1, 0.15) is 26.2 Å². The molecule has 2 fully saturated rings. The number of likely N-dealkylation sites (tertiary alicyclic amines) is 1. The third kappa shape index (κ3) is 3.16. The fraction of sp³-hybridized carbons (Fsp3) is 1.00. The van der Waals surface area contributed by atoms with Crippen molar-refractivity contribution in [1.29, 1.82) is 0 Å². The third-order valence-corrected chi connectivity index (χ3v) is 3.76. The Morgan fingerprint density at radius 2 is 2.33 bits per heavy atom. The van der Waals surface area contributed by atoms with Gasteiger partial charge in [-0.2, -0.15) is 0 Å². The molecule has 2 saturated heterocycles. The second-order valence-electron chi connectivity index (χ2n) is 5.13. The van der Waals surface area contributed by atoms with Crippen molar-refractivity contribution < 1.29 is 9.84 Å². The fourth-order valence-electron chi connectivity index (χ4n) is 2.74. The van der Waals surface area contributed by atoms with Crippen LogP contribution in [0.2, 0.25) is 0 Å². The van der Waals surface area contributed by atoms with Gasteiger partial charge in [-0.3, -0.25) is 0 Å². The molecule has 0 radical (unpaired) electrons. The van der Waals surface area contributed by atoms with Crippen LogP contribution in [0.3, 0.4) is 0 Å². The van der Waals surface area contributed by atoms with Crippen LogP contribution in [-0.4, -0.2) is 49.0 Å². The smallest absolute Gasteiger partial charge is 0.0552 e. The lowest BCUT2D eigenvalue weighted by Crippen LogP contribution is -2.41. The van der Waals surface area contributed by atoms with E-state index in [2.05, 4.69) is 4.90 Å². The Morgan fingerprint density at radius 1 is 1.47 bits per heavy atom. The predicted octanol–water partition coefficient (Wildman–Crippen LogP) is 1.12. The van der Waals surface area contributed by atoms with Crippen molar-refractivity contribution in [3.63, 3.8) is 0 Å². The summed E-state index contributed by atoms with van der Waals surface area (Å²) in [5.41, 5.74) is 0. The predicted molar refractivity (Wildman–Crippen MR) is 59.8 cm³/mol. The van der Waals surface area contributed by atoms with Crippen molar-refractivity contribution in [2.24, 2.45) is 11.8 Å². The maximum atomic E-state index is 9.60. The molecule has 0 aromatic carbocycles. The van der Waals surface area contributed by atoms with Gasteiger partial charge in [0.05, 0.1) is 12.7 Å². The maximum absolute atomic E-state index is 9.60. The van der Waals surface area contributed by atoms with Gasteiger partial charge in [0.1, 0.15) is 0 Å². The molecule has 3 nitrogen and oxygen atoms in total. The van der Waals surface area contributed by atoms with Crippen molar-refractivity contribution in [3.05, 3.63) is 0 Å². The van der Waals surface area contributed by atoms with E-state index >= 15 is 0 Å². The van der Waals surface area contributed by atoms with E-state index < -0.39 is 0 Å². The molecule has 0 bridgehead atoms. The average molecular weight is 213 g/mol. The molecular weight excluding hydrogens is 190 g/mol. The van der Waals surface area contributed by atoms with E-state index in [1.165, 1.54) is 32.4 Å². The van der Waals surface area contributed by atoms with Crippen LogP contribution in [0.15, 0.2) is 0 Å². The second-order valence-corrected chi connectivity index (χ2v) is 5.13. The zero-order valence-electron chi connectivity index (χ0n) is 9.69. The number of hydrogen-bond acceptors (Lipinski definition) is 3. The molecule has 15 heavy (non-hydrogen) atoms. The van der Waals surface area contributed by atoms with Gasteiger partial charge in [0.2, 0.25) is 0 Å². The molecule has 0 spiro atoms. The first-order valence-electron chi connectivity index (χ1n) is 6.24. The van der Waals surface area contributed by atoms with Crippen LogP contribution in [0.4, 0.5) is 0 Å². The van der Waals surface area contributed by atoms with Gasteiger partial charge in [-0.05, 0) is 44.6 Å². The van der Waals surface area contributed by atoms with E-state index in [4.69, 9.17) is 4.74 Å². The molecule has 0 aromatic heterocycles. The van der Waals surface area contributed by atoms with Crippen molar-refractivity contribution >= 4 is 0 Å². The van der Waals surface area contributed by atoms with Crippen molar-refractivity contribution in [3.8, 4) is 0 Å². The second kappa shape index (κ2) is 5.28. The van der Waals surface area contributed by atoms with Gasteiger partial charge in [-0.1, -0.05) is 0 Å². The summed E-state index contributed by atoms with van der Waals surface area (Å²) in [5.74, 6) is 1.22. The number of aliphatic hydroxyl groups excluding tert-OH is 1. The highest BCUT2D eigenvalue weighted by Gasteiger charge is 2.26. The van der Waals surface area contributed by atoms with Crippen LogP contribution in [0, 0.1) is 11.8 Å². The van der Waals surface area contributed by atoms with Gasteiger partial charge in [0, 0.05) is 19.7 Å². The Kier molecular flexibility index (Phi) is 4.00. The summed E-state index contributed by atoms with van der Waals surface area (Å²) in [5, 5.41) is 9.60. The molecule has 0 amide bonds. The van der Waals surface area contributed by atoms with Crippen LogP contribution in [-0.2, 0) is 4.74 Å². The molecule has 0 aromatic rings. The molecule has 3 heteroatoms. The minimum Gasteiger partial charge on any atom is -0.393 e. The van der Waals surface area contributed by atoms with E-state index in [0.29, 0.717) is 5.92 Å². The van der Waals surface area contributed by atoms with Gasteiger partial charge in [-0.25, -0.2) is 0 Å². The summed E-state index contributed by atoms with van der Waals surface area (Å²) < 4.78 is 5.40. The Labute approximate surface area is 92.4 Å². The van der Waals surface area contributed by atoms with Gasteiger partial charge >= 0.3 is 0 Å². The van der Waals surface area contributed by atoms with Crippen LogP contribution in [0.5, 0.6) is 0 Å². The third-order valence-electron chi connectivity index (χ3n) is 3.76. The number of ether oxygens (including phenoxy) is 1. The minimum atomic E-state index is -0.146. The molecule has 3 unspecified atom stereocenters. The van der Waals surface area contributed by atoms with Gasteiger partial charge < -0.3 is 14.7 Å². The summed E-state index contributed by atoms with van der Waals surface area (Å²) in [6.07, 6.45) is 3.50. The molecule has 1 N–H and O–H groups in total. The van der Waals surface area contributed by atoms with E-state index in [9.17, 15) is 5.11 Å². The molecule has 0 aliphatic carbocycles. The highest BCUT2D eigenvalue weighted by atomic mass is 16.5. The van der Waals surface area contributed by atoms with Gasteiger partial charge in [-0.15, -0.1) is 0 Å². The number of rotatable bonds is 3. The standard InChI is InChI=1S/C12H23NO2/c1-10(14)12-3-2-5-13(8-12)7-11-4-6-15-9-11/h10-12,14H,2-9H2,1H3. The highest BCUT2D eigenvalue weighted by molar-refractivity contribution is 4.78. The quantitative estimate of drug-likeness (QED) is 0.762. The number of piperidine rings is 1. The van der Waals surface area contributed by atoms with Gasteiger partial charge in [0.25, 0.3) is 0 Å². The van der Waals surface area contributed by atoms with Gasteiger partial charge in [0.15, 0.2) is 0 Å². The molecule has 2 rings (SSSR count). The summed E-state index contributed by atoms with van der Waals surface area (Å²) in [6.45, 7) is 7.26. The Balaban J connectivity index is 1.76. The minimum absolute atomic E-state index is 0.146. The van der Waals surface area contributed by atoms with E-state index in [1.54, 1.807) is 0 Å². The van der Waals surface area contributed by atoms with Crippen molar-refractivity contribution in [1.82, 2.24) is 4.90 Å².